The Morgan fingerprint density at radius 2 is 2.50 bits per heavy atom. The van der Waals surface area contributed by atoms with Gasteiger partial charge in [-0.15, -0.1) is 11.3 Å². The molecule has 0 unspecified atom stereocenters. The zero-order valence-electron chi connectivity index (χ0n) is 7.25. The number of rotatable bonds is 5. The van der Waals surface area contributed by atoms with Gasteiger partial charge in [0, 0.05) is 18.5 Å². The highest BCUT2D eigenvalue weighted by Crippen LogP contribution is 2.10. The van der Waals surface area contributed by atoms with Gasteiger partial charge in [0.25, 0.3) is 0 Å². The molecule has 4 heteroatoms. The van der Waals surface area contributed by atoms with E-state index in [2.05, 4.69) is 11.9 Å². The Bertz CT molecular complexity index is 225. The third-order valence-corrected chi connectivity index (χ3v) is 2.25. The summed E-state index contributed by atoms with van der Waals surface area (Å²) in [7, 11) is 0. The number of aromatic nitrogens is 1. The predicted molar refractivity (Wildman–Crippen MR) is 50.0 cm³/mol. The fraction of sp³-hybridized carbons (Fsp3) is 0.625. The lowest BCUT2D eigenvalue weighted by Crippen LogP contribution is -1.98. The van der Waals surface area contributed by atoms with Crippen molar-refractivity contribution in [1.82, 2.24) is 4.98 Å². The molecule has 0 aliphatic heterocycles. The van der Waals surface area contributed by atoms with Crippen LogP contribution in [0.25, 0.3) is 0 Å². The highest BCUT2D eigenvalue weighted by Gasteiger charge is 1.99. The van der Waals surface area contributed by atoms with Crippen LogP contribution >= 0.6 is 11.3 Å². The third-order valence-electron chi connectivity index (χ3n) is 1.38. The van der Waals surface area contributed by atoms with Crippen molar-refractivity contribution in [1.29, 1.82) is 0 Å². The van der Waals surface area contributed by atoms with Crippen molar-refractivity contribution in [3.05, 3.63) is 16.1 Å². The minimum Gasteiger partial charge on any atom is -0.374 e. The SMILES string of the molecule is CCCOCc1nc(CN)cs1. The topological polar surface area (TPSA) is 48.1 Å². The molecule has 0 aromatic carbocycles. The second kappa shape index (κ2) is 5.24. The molecule has 0 aliphatic carbocycles. The number of ether oxygens (including phenoxy) is 1. The molecule has 0 radical (unpaired) electrons. The molecule has 0 spiro atoms. The second-order valence-electron chi connectivity index (χ2n) is 2.49. The largest absolute Gasteiger partial charge is 0.374 e. The first kappa shape index (κ1) is 9.64. The van der Waals surface area contributed by atoms with Gasteiger partial charge in [0.2, 0.25) is 0 Å². The molecule has 0 saturated carbocycles. The molecule has 0 amide bonds. The summed E-state index contributed by atoms with van der Waals surface area (Å²) >= 11 is 1.61. The second-order valence-corrected chi connectivity index (χ2v) is 3.43. The lowest BCUT2D eigenvalue weighted by atomic mass is 10.5. The van der Waals surface area contributed by atoms with Crippen LogP contribution in [-0.2, 0) is 17.9 Å². The van der Waals surface area contributed by atoms with Gasteiger partial charge in [-0.2, -0.15) is 0 Å². The van der Waals surface area contributed by atoms with Gasteiger partial charge in [-0.1, -0.05) is 6.92 Å². The molecule has 1 rings (SSSR count). The number of thiazole rings is 1. The van der Waals surface area contributed by atoms with E-state index in [0.29, 0.717) is 13.2 Å². The molecular formula is C8H14N2OS. The van der Waals surface area contributed by atoms with E-state index in [1.807, 2.05) is 5.38 Å². The zero-order valence-corrected chi connectivity index (χ0v) is 8.06. The van der Waals surface area contributed by atoms with Crippen LogP contribution in [0.2, 0.25) is 0 Å². The first-order chi connectivity index (χ1) is 5.86. The summed E-state index contributed by atoms with van der Waals surface area (Å²) in [5.41, 5.74) is 6.38. The summed E-state index contributed by atoms with van der Waals surface area (Å²) in [6.07, 6.45) is 1.05. The van der Waals surface area contributed by atoms with Crippen LogP contribution in [0.15, 0.2) is 5.38 Å². The Kier molecular flexibility index (Phi) is 4.21. The van der Waals surface area contributed by atoms with Crippen molar-refractivity contribution in [2.45, 2.75) is 26.5 Å². The fourth-order valence-corrected chi connectivity index (χ4v) is 1.56. The molecule has 3 nitrogen and oxygen atoms in total. The van der Waals surface area contributed by atoms with Crippen LogP contribution in [0, 0.1) is 0 Å². The molecule has 2 N–H and O–H groups in total. The molecule has 12 heavy (non-hydrogen) atoms. The fourth-order valence-electron chi connectivity index (χ4n) is 0.813. The van der Waals surface area contributed by atoms with E-state index < -0.39 is 0 Å². The van der Waals surface area contributed by atoms with Gasteiger partial charge >= 0.3 is 0 Å². The summed E-state index contributed by atoms with van der Waals surface area (Å²) in [6, 6.07) is 0. The van der Waals surface area contributed by atoms with Gasteiger partial charge in [0.15, 0.2) is 0 Å². The molecule has 0 bridgehead atoms. The van der Waals surface area contributed by atoms with Gasteiger partial charge in [0.05, 0.1) is 12.3 Å². The highest BCUT2D eigenvalue weighted by molar-refractivity contribution is 7.09. The lowest BCUT2D eigenvalue weighted by Gasteiger charge is -1.97. The van der Waals surface area contributed by atoms with E-state index in [1.165, 1.54) is 0 Å². The monoisotopic (exact) mass is 186 g/mol. The molecule has 68 valence electrons. The van der Waals surface area contributed by atoms with E-state index in [4.69, 9.17) is 10.5 Å². The Morgan fingerprint density at radius 1 is 1.67 bits per heavy atom. The first-order valence-corrected chi connectivity index (χ1v) is 4.96. The summed E-state index contributed by atoms with van der Waals surface area (Å²) in [5, 5.41) is 2.99. The summed E-state index contributed by atoms with van der Waals surface area (Å²) in [4.78, 5) is 4.27. The summed E-state index contributed by atoms with van der Waals surface area (Å²) < 4.78 is 5.33. The van der Waals surface area contributed by atoms with Gasteiger partial charge in [-0.25, -0.2) is 4.98 Å². The Labute approximate surface area is 76.6 Å². The predicted octanol–water partition coefficient (Wildman–Crippen LogP) is 1.53. The van der Waals surface area contributed by atoms with Crippen molar-refractivity contribution in [2.24, 2.45) is 5.73 Å². The molecule has 1 aromatic heterocycles. The van der Waals surface area contributed by atoms with Crippen LogP contribution in [0.1, 0.15) is 24.0 Å². The van der Waals surface area contributed by atoms with Crippen LogP contribution < -0.4 is 5.73 Å². The van der Waals surface area contributed by atoms with Gasteiger partial charge in [-0.05, 0) is 6.42 Å². The number of nitrogens with two attached hydrogens (primary N) is 1. The minimum absolute atomic E-state index is 0.518. The summed E-state index contributed by atoms with van der Waals surface area (Å²) in [6.45, 7) is 4.04. The van der Waals surface area contributed by atoms with Crippen LogP contribution in [-0.4, -0.2) is 11.6 Å². The molecule has 1 aromatic rings. The first-order valence-electron chi connectivity index (χ1n) is 4.08. The van der Waals surface area contributed by atoms with Gasteiger partial charge in [0.1, 0.15) is 5.01 Å². The molecular weight excluding hydrogens is 172 g/mol. The quantitative estimate of drug-likeness (QED) is 0.709. The lowest BCUT2D eigenvalue weighted by molar-refractivity contribution is 0.121. The number of nitrogens with zero attached hydrogens (tertiary/aromatic N) is 1. The van der Waals surface area contributed by atoms with Crippen LogP contribution in [0.5, 0.6) is 0 Å². The molecule has 0 atom stereocenters. The van der Waals surface area contributed by atoms with E-state index in [1.54, 1.807) is 11.3 Å². The third kappa shape index (κ3) is 2.89. The van der Waals surface area contributed by atoms with Crippen molar-refractivity contribution >= 4 is 11.3 Å². The smallest absolute Gasteiger partial charge is 0.119 e. The van der Waals surface area contributed by atoms with Crippen molar-refractivity contribution in [3.63, 3.8) is 0 Å². The van der Waals surface area contributed by atoms with Crippen molar-refractivity contribution in [2.75, 3.05) is 6.61 Å². The molecule has 1 heterocycles. The Balaban J connectivity index is 2.31. The number of hydrogen-bond donors (Lipinski definition) is 1. The molecule has 0 fully saturated rings. The van der Waals surface area contributed by atoms with Crippen LogP contribution in [0.4, 0.5) is 0 Å². The van der Waals surface area contributed by atoms with Crippen molar-refractivity contribution in [3.8, 4) is 0 Å². The molecule has 0 saturated heterocycles. The van der Waals surface area contributed by atoms with E-state index in [9.17, 15) is 0 Å². The number of hydrogen-bond acceptors (Lipinski definition) is 4. The summed E-state index contributed by atoms with van der Waals surface area (Å²) in [5.74, 6) is 0. The highest BCUT2D eigenvalue weighted by atomic mass is 32.1. The van der Waals surface area contributed by atoms with Gasteiger partial charge < -0.3 is 10.5 Å². The van der Waals surface area contributed by atoms with Gasteiger partial charge in [-0.3, -0.25) is 0 Å². The Morgan fingerprint density at radius 3 is 3.08 bits per heavy atom. The minimum atomic E-state index is 0.518. The maximum atomic E-state index is 5.42. The van der Waals surface area contributed by atoms with E-state index in [-0.39, 0.29) is 0 Å². The average molecular weight is 186 g/mol. The Hall–Kier alpha value is -0.450. The zero-order chi connectivity index (χ0) is 8.81. The molecule has 0 aliphatic rings. The maximum absolute atomic E-state index is 5.42. The standard InChI is InChI=1S/C8H14N2OS/c1-2-3-11-5-8-10-7(4-9)6-12-8/h6H,2-5,9H2,1H3. The van der Waals surface area contributed by atoms with E-state index >= 15 is 0 Å². The van der Waals surface area contributed by atoms with Crippen molar-refractivity contribution < 1.29 is 4.74 Å². The normalized spacial score (nSPS) is 10.5. The van der Waals surface area contributed by atoms with E-state index in [0.717, 1.165) is 23.7 Å². The average Bonchev–Trinajstić information content (AvgIpc) is 2.53. The van der Waals surface area contributed by atoms with Crippen LogP contribution in [0.3, 0.4) is 0 Å². The maximum Gasteiger partial charge on any atom is 0.119 e.